The van der Waals surface area contributed by atoms with Crippen LogP contribution >= 0.6 is 0 Å². The van der Waals surface area contributed by atoms with Crippen molar-refractivity contribution in [3.63, 3.8) is 0 Å². The fourth-order valence-corrected chi connectivity index (χ4v) is 3.69. The zero-order valence-corrected chi connectivity index (χ0v) is 15.9. The molecule has 1 aromatic heterocycles. The predicted octanol–water partition coefficient (Wildman–Crippen LogP) is 2.68. The molecule has 1 N–H and O–H groups in total. The largest absolute Gasteiger partial charge is 0.362 e. The Morgan fingerprint density at radius 2 is 2.08 bits per heavy atom. The average molecular weight is 352 g/mol. The Morgan fingerprint density at radius 3 is 2.85 bits per heavy atom. The van der Waals surface area contributed by atoms with Crippen molar-refractivity contribution in [2.24, 2.45) is 0 Å². The molecule has 138 valence electrons. The minimum atomic E-state index is -0.0588. The smallest absolute Gasteiger partial charge is 0.255 e. The van der Waals surface area contributed by atoms with Crippen LogP contribution in [0, 0.1) is 6.92 Å². The van der Waals surface area contributed by atoms with E-state index in [1.807, 2.05) is 25.1 Å². The number of pyridine rings is 1. The van der Waals surface area contributed by atoms with Crippen molar-refractivity contribution >= 4 is 11.7 Å². The van der Waals surface area contributed by atoms with Gasteiger partial charge >= 0.3 is 0 Å². The molecule has 2 aromatic rings. The van der Waals surface area contributed by atoms with Gasteiger partial charge in [-0.3, -0.25) is 4.79 Å². The van der Waals surface area contributed by atoms with E-state index in [1.54, 1.807) is 12.3 Å². The lowest BCUT2D eigenvalue weighted by atomic mass is 9.94. The second-order valence-corrected chi connectivity index (χ2v) is 7.17. The number of rotatable bonds is 6. The van der Waals surface area contributed by atoms with Gasteiger partial charge in [-0.1, -0.05) is 24.3 Å². The number of aromatic nitrogens is 1. The molecule has 0 saturated carbocycles. The molecular formula is C21H28N4O. The van der Waals surface area contributed by atoms with Crippen molar-refractivity contribution in [3.05, 3.63) is 59.3 Å². The highest BCUT2D eigenvalue weighted by atomic mass is 16.1. The molecule has 26 heavy (non-hydrogen) atoms. The van der Waals surface area contributed by atoms with Gasteiger partial charge in [0.25, 0.3) is 5.91 Å². The van der Waals surface area contributed by atoms with Gasteiger partial charge in [-0.15, -0.1) is 0 Å². The van der Waals surface area contributed by atoms with E-state index < -0.39 is 0 Å². The predicted molar refractivity (Wildman–Crippen MR) is 106 cm³/mol. The first-order chi connectivity index (χ1) is 12.6. The molecule has 5 heteroatoms. The summed E-state index contributed by atoms with van der Waals surface area (Å²) in [7, 11) is 3.80. The van der Waals surface area contributed by atoms with Gasteiger partial charge in [-0.25, -0.2) is 4.98 Å². The normalized spacial score (nSPS) is 17.3. The van der Waals surface area contributed by atoms with Crippen LogP contribution in [0.25, 0.3) is 0 Å². The van der Waals surface area contributed by atoms with E-state index in [0.29, 0.717) is 23.8 Å². The monoisotopic (exact) mass is 352 g/mol. The summed E-state index contributed by atoms with van der Waals surface area (Å²) in [4.78, 5) is 21.1. The molecular weight excluding hydrogens is 324 g/mol. The second-order valence-electron chi connectivity index (χ2n) is 7.17. The summed E-state index contributed by atoms with van der Waals surface area (Å²) >= 11 is 0. The van der Waals surface area contributed by atoms with E-state index in [2.05, 4.69) is 46.4 Å². The Labute approximate surface area is 156 Å². The third-order valence-corrected chi connectivity index (χ3v) is 5.07. The Kier molecular flexibility index (Phi) is 5.89. The van der Waals surface area contributed by atoms with E-state index in [0.717, 1.165) is 19.6 Å². The number of hydrogen-bond acceptors (Lipinski definition) is 4. The third-order valence-electron chi connectivity index (χ3n) is 5.07. The minimum Gasteiger partial charge on any atom is -0.362 e. The number of carbonyl (C=O) groups excluding carboxylic acids is 1. The summed E-state index contributed by atoms with van der Waals surface area (Å²) in [6, 6.07) is 12.3. The van der Waals surface area contributed by atoms with Gasteiger partial charge in [0.2, 0.25) is 0 Å². The Balaban J connectivity index is 1.50. The van der Waals surface area contributed by atoms with Crippen LogP contribution in [0.5, 0.6) is 0 Å². The molecule has 1 saturated heterocycles. The van der Waals surface area contributed by atoms with Gasteiger partial charge in [-0.05, 0) is 49.1 Å². The van der Waals surface area contributed by atoms with Crippen LogP contribution in [0.3, 0.4) is 0 Å². The average Bonchev–Trinajstić information content (AvgIpc) is 3.10. The van der Waals surface area contributed by atoms with Gasteiger partial charge < -0.3 is 15.1 Å². The maximum absolute atomic E-state index is 12.5. The molecule has 0 unspecified atom stereocenters. The molecule has 0 spiro atoms. The molecule has 1 aliphatic rings. The zero-order valence-electron chi connectivity index (χ0n) is 15.9. The molecule has 1 fully saturated rings. The minimum absolute atomic E-state index is 0.0588. The number of benzene rings is 1. The summed E-state index contributed by atoms with van der Waals surface area (Å²) in [5, 5.41) is 3.04. The number of nitrogens with zero attached hydrogens (tertiary/aromatic N) is 3. The molecule has 0 aliphatic carbocycles. The van der Waals surface area contributed by atoms with Gasteiger partial charge in [0.05, 0.1) is 5.56 Å². The highest BCUT2D eigenvalue weighted by Gasteiger charge is 2.24. The lowest BCUT2D eigenvalue weighted by molar-refractivity contribution is 0.0950. The van der Waals surface area contributed by atoms with E-state index in [1.165, 1.54) is 17.5 Å². The molecule has 1 atom stereocenters. The topological polar surface area (TPSA) is 48.5 Å². The van der Waals surface area contributed by atoms with E-state index >= 15 is 0 Å². The fraction of sp³-hybridized carbons (Fsp3) is 0.429. The number of amides is 1. The van der Waals surface area contributed by atoms with Crippen molar-refractivity contribution in [1.29, 1.82) is 0 Å². The highest BCUT2D eigenvalue weighted by molar-refractivity contribution is 5.98. The van der Waals surface area contributed by atoms with Gasteiger partial charge in [0.1, 0.15) is 5.82 Å². The van der Waals surface area contributed by atoms with Crippen LogP contribution in [0.1, 0.15) is 33.8 Å². The number of hydrogen-bond donors (Lipinski definition) is 1. The fourth-order valence-electron chi connectivity index (χ4n) is 3.69. The molecule has 3 rings (SSSR count). The number of carbonyl (C=O) groups is 1. The second kappa shape index (κ2) is 8.32. The summed E-state index contributed by atoms with van der Waals surface area (Å²) in [6.07, 6.45) is 2.90. The SMILES string of the molecule is Cc1ccccc1[C@@H]1CCN(CCNC(=O)c2cccnc2N(C)C)C1. The van der Waals surface area contributed by atoms with Crippen molar-refractivity contribution in [3.8, 4) is 0 Å². The number of anilines is 1. The van der Waals surface area contributed by atoms with Crippen LogP contribution in [0.15, 0.2) is 42.6 Å². The molecule has 5 nitrogen and oxygen atoms in total. The van der Waals surface area contributed by atoms with Crippen molar-refractivity contribution < 1.29 is 4.79 Å². The van der Waals surface area contributed by atoms with Crippen molar-refractivity contribution in [1.82, 2.24) is 15.2 Å². The van der Waals surface area contributed by atoms with Gasteiger partial charge in [0, 0.05) is 39.9 Å². The molecule has 2 heterocycles. The van der Waals surface area contributed by atoms with Gasteiger partial charge in [-0.2, -0.15) is 0 Å². The van der Waals surface area contributed by atoms with E-state index in [9.17, 15) is 4.79 Å². The quantitative estimate of drug-likeness (QED) is 0.868. The zero-order chi connectivity index (χ0) is 18.5. The lowest BCUT2D eigenvalue weighted by Crippen LogP contribution is -2.34. The maximum atomic E-state index is 12.5. The first-order valence-corrected chi connectivity index (χ1v) is 9.24. The molecule has 1 amide bonds. The van der Waals surface area contributed by atoms with E-state index in [-0.39, 0.29) is 5.91 Å². The van der Waals surface area contributed by atoms with Crippen LogP contribution in [-0.4, -0.2) is 56.1 Å². The number of nitrogens with one attached hydrogen (secondary N) is 1. The summed E-state index contributed by atoms with van der Waals surface area (Å²) in [6.45, 7) is 5.88. The van der Waals surface area contributed by atoms with Crippen LogP contribution in [0.4, 0.5) is 5.82 Å². The van der Waals surface area contributed by atoms with Crippen molar-refractivity contribution in [2.75, 3.05) is 45.2 Å². The summed E-state index contributed by atoms with van der Waals surface area (Å²) < 4.78 is 0. The number of likely N-dealkylation sites (tertiary alicyclic amines) is 1. The number of aryl methyl sites for hydroxylation is 1. The first-order valence-electron chi connectivity index (χ1n) is 9.24. The standard InChI is InChI=1S/C21H28N4O/c1-16-7-4-5-8-18(16)17-10-13-25(15-17)14-12-23-21(26)19-9-6-11-22-20(19)24(2)3/h4-9,11,17H,10,12-15H2,1-3H3,(H,23,26)/t17-/m1/s1. The third kappa shape index (κ3) is 4.22. The van der Waals surface area contributed by atoms with Crippen LogP contribution in [0.2, 0.25) is 0 Å². The summed E-state index contributed by atoms with van der Waals surface area (Å²) in [5.74, 6) is 1.24. The molecule has 0 bridgehead atoms. The maximum Gasteiger partial charge on any atom is 0.255 e. The van der Waals surface area contributed by atoms with Crippen LogP contribution in [-0.2, 0) is 0 Å². The highest BCUT2D eigenvalue weighted by Crippen LogP contribution is 2.28. The Hall–Kier alpha value is -2.40. The molecule has 0 radical (unpaired) electrons. The molecule has 1 aliphatic heterocycles. The first kappa shape index (κ1) is 18.4. The Morgan fingerprint density at radius 1 is 1.27 bits per heavy atom. The lowest BCUT2D eigenvalue weighted by Gasteiger charge is -2.18. The van der Waals surface area contributed by atoms with Crippen LogP contribution < -0.4 is 10.2 Å². The van der Waals surface area contributed by atoms with Gasteiger partial charge in [0.15, 0.2) is 0 Å². The molecule has 1 aromatic carbocycles. The van der Waals surface area contributed by atoms with Crippen molar-refractivity contribution in [2.45, 2.75) is 19.3 Å². The summed E-state index contributed by atoms with van der Waals surface area (Å²) in [5.41, 5.74) is 3.46. The van der Waals surface area contributed by atoms with E-state index in [4.69, 9.17) is 0 Å². The Bertz CT molecular complexity index is 759.